The number of methoxy groups -OCH3 is 1. The predicted octanol–water partition coefficient (Wildman–Crippen LogP) is 2.73. The van der Waals surface area contributed by atoms with Crippen molar-refractivity contribution in [3.63, 3.8) is 0 Å². The smallest absolute Gasteiger partial charge is 0.254 e. The first-order valence-corrected chi connectivity index (χ1v) is 7.70. The molecular weight excluding hydrogens is 282 g/mol. The maximum absolute atomic E-state index is 12.7. The SMILES string of the molecule is COc1cc(C(=O)N2CC(C)OC(C)C2)ccc1OC(C)C. The zero-order valence-corrected chi connectivity index (χ0v) is 14.0. The molecule has 5 nitrogen and oxygen atoms in total. The van der Waals surface area contributed by atoms with Crippen molar-refractivity contribution >= 4 is 5.91 Å². The van der Waals surface area contributed by atoms with Crippen LogP contribution in [0.4, 0.5) is 0 Å². The van der Waals surface area contributed by atoms with E-state index in [0.717, 1.165) is 0 Å². The summed E-state index contributed by atoms with van der Waals surface area (Å²) in [6.07, 6.45) is 0.160. The number of benzene rings is 1. The second-order valence-electron chi connectivity index (χ2n) is 6.00. The van der Waals surface area contributed by atoms with Crippen molar-refractivity contribution < 1.29 is 19.0 Å². The molecule has 2 atom stereocenters. The molecule has 1 aromatic carbocycles. The number of rotatable bonds is 4. The summed E-state index contributed by atoms with van der Waals surface area (Å²) in [4.78, 5) is 14.5. The first-order valence-electron chi connectivity index (χ1n) is 7.70. The molecule has 1 aliphatic heterocycles. The van der Waals surface area contributed by atoms with Gasteiger partial charge in [-0.15, -0.1) is 0 Å². The standard InChI is InChI=1S/C17H25NO4/c1-11(2)21-15-7-6-14(8-16(15)20-5)17(19)18-9-12(3)22-13(4)10-18/h6-8,11-13H,9-10H2,1-5H3. The van der Waals surface area contributed by atoms with Gasteiger partial charge in [0.05, 0.1) is 25.4 Å². The van der Waals surface area contributed by atoms with Gasteiger partial charge in [-0.05, 0) is 45.9 Å². The molecule has 0 aliphatic carbocycles. The molecule has 1 aliphatic rings. The lowest BCUT2D eigenvalue weighted by Gasteiger charge is -2.35. The molecule has 1 aromatic rings. The van der Waals surface area contributed by atoms with Crippen LogP contribution in [0.15, 0.2) is 18.2 Å². The third-order valence-corrected chi connectivity index (χ3v) is 3.48. The molecule has 2 unspecified atom stereocenters. The molecule has 122 valence electrons. The zero-order valence-electron chi connectivity index (χ0n) is 14.0. The zero-order chi connectivity index (χ0) is 16.3. The number of amides is 1. The van der Waals surface area contributed by atoms with E-state index in [0.29, 0.717) is 30.2 Å². The lowest BCUT2D eigenvalue weighted by Crippen LogP contribution is -2.48. The normalized spacial score (nSPS) is 21.8. The first kappa shape index (κ1) is 16.6. The molecule has 0 radical (unpaired) electrons. The Morgan fingerprint density at radius 3 is 2.41 bits per heavy atom. The number of morpholine rings is 1. The van der Waals surface area contributed by atoms with Crippen LogP contribution in [0.5, 0.6) is 11.5 Å². The van der Waals surface area contributed by atoms with Crippen LogP contribution in [0.2, 0.25) is 0 Å². The summed E-state index contributed by atoms with van der Waals surface area (Å²) in [7, 11) is 1.58. The van der Waals surface area contributed by atoms with E-state index >= 15 is 0 Å². The van der Waals surface area contributed by atoms with Crippen LogP contribution in [0.1, 0.15) is 38.1 Å². The quantitative estimate of drug-likeness (QED) is 0.858. The highest BCUT2D eigenvalue weighted by Gasteiger charge is 2.27. The fraction of sp³-hybridized carbons (Fsp3) is 0.588. The van der Waals surface area contributed by atoms with Gasteiger partial charge in [0, 0.05) is 18.7 Å². The van der Waals surface area contributed by atoms with Crippen molar-refractivity contribution in [3.05, 3.63) is 23.8 Å². The van der Waals surface area contributed by atoms with Crippen molar-refractivity contribution in [3.8, 4) is 11.5 Å². The highest BCUT2D eigenvalue weighted by atomic mass is 16.5. The summed E-state index contributed by atoms with van der Waals surface area (Å²) in [5.41, 5.74) is 0.606. The highest BCUT2D eigenvalue weighted by Crippen LogP contribution is 2.29. The number of hydrogen-bond acceptors (Lipinski definition) is 4. The van der Waals surface area contributed by atoms with Crippen molar-refractivity contribution in [2.75, 3.05) is 20.2 Å². The highest BCUT2D eigenvalue weighted by molar-refractivity contribution is 5.95. The van der Waals surface area contributed by atoms with E-state index in [2.05, 4.69) is 0 Å². The molecule has 1 saturated heterocycles. The van der Waals surface area contributed by atoms with Crippen molar-refractivity contribution in [1.29, 1.82) is 0 Å². The minimum Gasteiger partial charge on any atom is -0.493 e. The molecular formula is C17H25NO4. The topological polar surface area (TPSA) is 48.0 Å². The van der Waals surface area contributed by atoms with Crippen molar-refractivity contribution in [1.82, 2.24) is 4.90 Å². The van der Waals surface area contributed by atoms with E-state index < -0.39 is 0 Å². The van der Waals surface area contributed by atoms with Gasteiger partial charge >= 0.3 is 0 Å². The van der Waals surface area contributed by atoms with E-state index in [9.17, 15) is 4.79 Å². The molecule has 0 N–H and O–H groups in total. The Balaban J connectivity index is 2.19. The molecule has 5 heteroatoms. The van der Waals surface area contributed by atoms with Gasteiger partial charge in [-0.3, -0.25) is 4.79 Å². The average molecular weight is 307 g/mol. The van der Waals surface area contributed by atoms with Crippen molar-refractivity contribution in [2.45, 2.75) is 46.0 Å². The minimum absolute atomic E-state index is 0.00334. The fourth-order valence-electron chi connectivity index (χ4n) is 2.68. The summed E-state index contributed by atoms with van der Waals surface area (Å²) in [5, 5.41) is 0. The fourth-order valence-corrected chi connectivity index (χ4v) is 2.68. The molecule has 22 heavy (non-hydrogen) atoms. The molecule has 0 saturated carbocycles. The van der Waals surface area contributed by atoms with E-state index in [1.54, 1.807) is 25.3 Å². The molecule has 1 amide bonds. The Morgan fingerprint density at radius 1 is 1.23 bits per heavy atom. The van der Waals surface area contributed by atoms with Crippen LogP contribution in [-0.4, -0.2) is 49.3 Å². The third kappa shape index (κ3) is 3.91. The predicted molar refractivity (Wildman–Crippen MR) is 84.7 cm³/mol. The average Bonchev–Trinajstić information content (AvgIpc) is 2.45. The maximum Gasteiger partial charge on any atom is 0.254 e. The monoisotopic (exact) mass is 307 g/mol. The van der Waals surface area contributed by atoms with Gasteiger partial charge in [0.25, 0.3) is 5.91 Å². The molecule has 1 heterocycles. The number of ether oxygens (including phenoxy) is 3. The maximum atomic E-state index is 12.7. The number of hydrogen-bond donors (Lipinski definition) is 0. The minimum atomic E-state index is -0.00334. The summed E-state index contributed by atoms with van der Waals surface area (Å²) in [6.45, 7) is 9.09. The summed E-state index contributed by atoms with van der Waals surface area (Å²) >= 11 is 0. The molecule has 0 bridgehead atoms. The van der Waals surface area contributed by atoms with Gasteiger partial charge in [-0.1, -0.05) is 0 Å². The number of carbonyl (C=O) groups is 1. The first-order chi connectivity index (χ1) is 10.4. The number of nitrogens with zero attached hydrogens (tertiary/aromatic N) is 1. The van der Waals surface area contributed by atoms with E-state index in [1.807, 2.05) is 32.6 Å². The van der Waals surface area contributed by atoms with E-state index in [-0.39, 0.29) is 24.2 Å². The van der Waals surface area contributed by atoms with Crippen LogP contribution in [-0.2, 0) is 4.74 Å². The van der Waals surface area contributed by atoms with Crippen molar-refractivity contribution in [2.24, 2.45) is 0 Å². The third-order valence-electron chi connectivity index (χ3n) is 3.48. The molecule has 2 rings (SSSR count). The summed E-state index contributed by atoms with van der Waals surface area (Å²) in [5.74, 6) is 1.23. The van der Waals surface area contributed by atoms with Gasteiger partial charge in [0.1, 0.15) is 0 Å². The number of carbonyl (C=O) groups excluding carboxylic acids is 1. The van der Waals surface area contributed by atoms with Crippen LogP contribution >= 0.6 is 0 Å². The van der Waals surface area contributed by atoms with Gasteiger partial charge in [0.15, 0.2) is 11.5 Å². The summed E-state index contributed by atoms with van der Waals surface area (Å²) in [6, 6.07) is 5.32. The van der Waals surface area contributed by atoms with Crippen LogP contribution in [0, 0.1) is 0 Å². The van der Waals surface area contributed by atoms with Crippen LogP contribution in [0.3, 0.4) is 0 Å². The Labute approximate surface area is 132 Å². The van der Waals surface area contributed by atoms with Gasteiger partial charge < -0.3 is 19.1 Å². The molecule has 0 spiro atoms. The van der Waals surface area contributed by atoms with Gasteiger partial charge in [-0.2, -0.15) is 0 Å². The van der Waals surface area contributed by atoms with Gasteiger partial charge in [-0.25, -0.2) is 0 Å². The molecule has 0 aromatic heterocycles. The van der Waals surface area contributed by atoms with E-state index in [1.165, 1.54) is 0 Å². The second kappa shape index (κ2) is 7.01. The Kier molecular flexibility index (Phi) is 5.29. The molecule has 1 fully saturated rings. The Bertz CT molecular complexity index is 519. The summed E-state index contributed by atoms with van der Waals surface area (Å²) < 4.78 is 16.7. The van der Waals surface area contributed by atoms with E-state index in [4.69, 9.17) is 14.2 Å². The Morgan fingerprint density at radius 2 is 1.86 bits per heavy atom. The Hall–Kier alpha value is -1.75. The lowest BCUT2D eigenvalue weighted by molar-refractivity contribution is -0.0586. The van der Waals surface area contributed by atoms with Crippen LogP contribution < -0.4 is 9.47 Å². The van der Waals surface area contributed by atoms with Gasteiger partial charge in [0.2, 0.25) is 0 Å². The lowest BCUT2D eigenvalue weighted by atomic mass is 10.1. The largest absolute Gasteiger partial charge is 0.493 e. The second-order valence-corrected chi connectivity index (χ2v) is 6.00. The van der Waals surface area contributed by atoms with Crippen LogP contribution in [0.25, 0.3) is 0 Å².